The number of aromatic nitrogens is 3. The fourth-order valence-corrected chi connectivity index (χ4v) is 4.82. The molecule has 0 aliphatic heterocycles. The summed E-state index contributed by atoms with van der Waals surface area (Å²) in [4.78, 5) is 41.0. The first-order valence-electron chi connectivity index (χ1n) is 9.99. The van der Waals surface area contributed by atoms with Crippen LogP contribution in [0.15, 0.2) is 62.8 Å². The number of fused-ring (bicyclic) bond motifs is 2. The Hall–Kier alpha value is -4.19. The van der Waals surface area contributed by atoms with Crippen molar-refractivity contribution in [1.29, 1.82) is 0 Å². The number of aromatic amines is 1. The van der Waals surface area contributed by atoms with Gasteiger partial charge in [0.15, 0.2) is 5.69 Å². The molecule has 0 saturated heterocycles. The fourth-order valence-electron chi connectivity index (χ4n) is 4.06. The zero-order valence-corrected chi connectivity index (χ0v) is 18.2. The molecule has 12 heteroatoms. The predicted octanol–water partition coefficient (Wildman–Crippen LogP) is 4.60. The summed E-state index contributed by atoms with van der Waals surface area (Å²) in [6, 6.07) is 7.98. The van der Waals surface area contributed by atoms with Crippen LogP contribution in [0.4, 0.5) is 17.6 Å². The lowest BCUT2D eigenvalue weighted by Gasteiger charge is -2.11. The van der Waals surface area contributed by atoms with Crippen molar-refractivity contribution in [3.8, 4) is 5.69 Å². The van der Waals surface area contributed by atoms with Gasteiger partial charge in [0.2, 0.25) is 0 Å². The van der Waals surface area contributed by atoms with Gasteiger partial charge in [-0.3, -0.25) is 4.79 Å². The van der Waals surface area contributed by atoms with Crippen LogP contribution in [-0.4, -0.2) is 25.2 Å². The molecule has 35 heavy (non-hydrogen) atoms. The highest BCUT2D eigenvalue weighted by atomic mass is 32.1. The van der Waals surface area contributed by atoms with Gasteiger partial charge in [-0.25, -0.2) is 18.5 Å². The van der Waals surface area contributed by atoms with Crippen molar-refractivity contribution < 1.29 is 27.5 Å². The van der Waals surface area contributed by atoms with Crippen molar-refractivity contribution in [2.24, 2.45) is 0 Å². The van der Waals surface area contributed by atoms with E-state index in [9.17, 15) is 37.1 Å². The molecule has 0 aliphatic carbocycles. The van der Waals surface area contributed by atoms with Crippen LogP contribution < -0.4 is 11.2 Å². The number of rotatable bonds is 4. The number of carbonyl (C=O) groups is 1. The second-order valence-corrected chi connectivity index (χ2v) is 8.42. The van der Waals surface area contributed by atoms with Crippen molar-refractivity contribution in [2.75, 3.05) is 0 Å². The maximum atomic E-state index is 14.4. The van der Waals surface area contributed by atoms with Crippen LogP contribution in [0.5, 0.6) is 0 Å². The number of carboxylic acid groups (broad SMARTS) is 1. The van der Waals surface area contributed by atoms with Crippen LogP contribution in [-0.2, 0) is 12.7 Å². The summed E-state index contributed by atoms with van der Waals surface area (Å²) < 4.78 is 56.6. The lowest BCUT2D eigenvalue weighted by Crippen LogP contribution is -2.34. The highest BCUT2D eigenvalue weighted by Crippen LogP contribution is 2.36. The molecule has 0 amide bonds. The van der Waals surface area contributed by atoms with Crippen LogP contribution in [0, 0.1) is 5.82 Å². The number of H-pyrrole nitrogens is 1. The molecule has 5 aromatic rings. The number of halogens is 4. The van der Waals surface area contributed by atoms with E-state index in [1.54, 1.807) is 0 Å². The Morgan fingerprint density at radius 3 is 2.49 bits per heavy atom. The molecule has 0 radical (unpaired) electrons. The zero-order valence-electron chi connectivity index (χ0n) is 17.4. The molecule has 0 saturated carbocycles. The number of aromatic carboxylic acids is 1. The van der Waals surface area contributed by atoms with Gasteiger partial charge in [0, 0.05) is 21.7 Å². The first-order valence-corrected chi connectivity index (χ1v) is 10.9. The summed E-state index contributed by atoms with van der Waals surface area (Å²) in [5, 5.41) is 12.8. The first kappa shape index (κ1) is 22.6. The minimum absolute atomic E-state index is 0.0228. The third-order valence-electron chi connectivity index (χ3n) is 5.62. The third-order valence-corrected chi connectivity index (χ3v) is 6.36. The topological polar surface area (TPSA) is 97.1 Å². The molecule has 2 N–H and O–H groups in total. The Kier molecular flexibility index (Phi) is 5.13. The van der Waals surface area contributed by atoms with Crippen LogP contribution in [0.1, 0.15) is 21.6 Å². The molecule has 0 bridgehead atoms. The Morgan fingerprint density at radius 1 is 1.06 bits per heavy atom. The highest BCUT2D eigenvalue weighted by Gasteiger charge is 2.33. The zero-order chi connectivity index (χ0) is 25.1. The quantitative estimate of drug-likeness (QED) is 0.351. The van der Waals surface area contributed by atoms with Gasteiger partial charge in [-0.05, 0) is 24.3 Å². The highest BCUT2D eigenvalue weighted by molar-refractivity contribution is 7.09. The molecule has 0 unspecified atom stereocenters. The summed E-state index contributed by atoms with van der Waals surface area (Å²) in [5.74, 6) is -2.27. The SMILES string of the molecule is O=C(O)c1c(-n2c(=O)[nH]c3cscc3c2=O)c2cc(C(F)(F)F)ccc2n1Cc1ccccc1F. The Bertz CT molecular complexity index is 1760. The summed E-state index contributed by atoms with van der Waals surface area (Å²) in [7, 11) is 0. The number of carboxylic acids is 1. The van der Waals surface area contributed by atoms with Crippen LogP contribution >= 0.6 is 11.3 Å². The fraction of sp³-hybridized carbons (Fsp3) is 0.0870. The maximum absolute atomic E-state index is 14.4. The van der Waals surface area contributed by atoms with E-state index in [2.05, 4.69) is 4.98 Å². The monoisotopic (exact) mass is 503 g/mol. The number of hydrogen-bond donors (Lipinski definition) is 2. The van der Waals surface area contributed by atoms with Gasteiger partial charge in [0.05, 0.1) is 34.2 Å². The average molecular weight is 503 g/mol. The summed E-state index contributed by atoms with van der Waals surface area (Å²) in [6.45, 7) is -0.372. The van der Waals surface area contributed by atoms with Crippen molar-refractivity contribution in [3.63, 3.8) is 0 Å². The number of nitrogens with one attached hydrogen (secondary N) is 1. The van der Waals surface area contributed by atoms with Crippen molar-refractivity contribution >= 4 is 39.1 Å². The van der Waals surface area contributed by atoms with E-state index in [4.69, 9.17) is 0 Å². The Morgan fingerprint density at radius 2 is 1.80 bits per heavy atom. The summed E-state index contributed by atoms with van der Waals surface area (Å²) in [6.07, 6.45) is -4.78. The van der Waals surface area contributed by atoms with Gasteiger partial charge >= 0.3 is 17.8 Å². The molecule has 3 heterocycles. The lowest BCUT2D eigenvalue weighted by atomic mass is 10.1. The number of nitrogens with zero attached hydrogens (tertiary/aromatic N) is 2. The standard InChI is InChI=1S/C23H13F4N3O4S/c24-15-4-2-1-3-11(15)8-29-17-6-5-12(23(25,26)27)7-13(17)18(19(29)21(32)33)30-20(31)14-9-35-10-16(14)28-22(30)34/h1-7,9-10H,8H2,(H,28,34)(H,32,33). The Labute approximate surface area is 196 Å². The smallest absolute Gasteiger partial charge is 0.416 e. The number of benzene rings is 2. The Balaban J connectivity index is 1.94. The van der Waals surface area contributed by atoms with Crippen molar-refractivity contribution in [1.82, 2.24) is 14.1 Å². The van der Waals surface area contributed by atoms with Crippen molar-refractivity contribution in [3.05, 3.63) is 96.7 Å². The van der Waals surface area contributed by atoms with Gasteiger partial charge in [-0.15, -0.1) is 11.3 Å². The van der Waals surface area contributed by atoms with Gasteiger partial charge in [0.1, 0.15) is 5.82 Å². The molecular formula is C23H13F4N3O4S. The molecule has 0 aliphatic rings. The van der Waals surface area contributed by atoms with Gasteiger partial charge in [0.25, 0.3) is 5.56 Å². The minimum atomic E-state index is -4.78. The molecule has 7 nitrogen and oxygen atoms in total. The second-order valence-electron chi connectivity index (χ2n) is 7.68. The molecular weight excluding hydrogens is 490 g/mol. The lowest BCUT2D eigenvalue weighted by molar-refractivity contribution is -0.137. The van der Waals surface area contributed by atoms with E-state index in [0.717, 1.165) is 34.1 Å². The van der Waals surface area contributed by atoms with Crippen LogP contribution in [0.25, 0.3) is 27.5 Å². The molecule has 0 atom stereocenters. The van der Waals surface area contributed by atoms with E-state index in [1.165, 1.54) is 29.0 Å². The maximum Gasteiger partial charge on any atom is 0.416 e. The number of alkyl halides is 3. The van der Waals surface area contributed by atoms with Gasteiger partial charge in [-0.2, -0.15) is 13.2 Å². The van der Waals surface area contributed by atoms with Crippen molar-refractivity contribution in [2.45, 2.75) is 12.7 Å². The van der Waals surface area contributed by atoms with E-state index in [1.807, 2.05) is 0 Å². The molecule has 5 rings (SSSR count). The molecule has 178 valence electrons. The van der Waals surface area contributed by atoms with Gasteiger partial charge in [-0.1, -0.05) is 18.2 Å². The normalized spacial score (nSPS) is 12.0. The molecule has 0 fully saturated rings. The van der Waals surface area contributed by atoms with Gasteiger partial charge < -0.3 is 14.7 Å². The number of hydrogen-bond acceptors (Lipinski definition) is 4. The largest absolute Gasteiger partial charge is 0.477 e. The third kappa shape index (κ3) is 3.62. The molecule has 0 spiro atoms. The minimum Gasteiger partial charge on any atom is -0.477 e. The average Bonchev–Trinajstić information content (AvgIpc) is 3.38. The van der Waals surface area contributed by atoms with E-state index in [0.29, 0.717) is 10.6 Å². The summed E-state index contributed by atoms with van der Waals surface area (Å²) in [5.41, 5.74) is -3.94. The predicted molar refractivity (Wildman–Crippen MR) is 121 cm³/mol. The van der Waals surface area contributed by atoms with E-state index >= 15 is 0 Å². The summed E-state index contributed by atoms with van der Waals surface area (Å²) >= 11 is 1.11. The second kappa shape index (κ2) is 7.94. The van der Waals surface area contributed by atoms with Crippen LogP contribution in [0.2, 0.25) is 0 Å². The molecule has 3 aromatic heterocycles. The number of thiophene rings is 1. The molecule has 2 aromatic carbocycles. The van der Waals surface area contributed by atoms with E-state index < -0.39 is 46.2 Å². The first-order chi connectivity index (χ1) is 16.6. The van der Waals surface area contributed by atoms with E-state index in [-0.39, 0.29) is 33.9 Å². The van der Waals surface area contributed by atoms with Crippen LogP contribution in [0.3, 0.4) is 0 Å².